The lowest BCUT2D eigenvalue weighted by atomic mass is 10.1. The maximum absolute atomic E-state index is 11.9. The summed E-state index contributed by atoms with van der Waals surface area (Å²) >= 11 is 1.71. The predicted molar refractivity (Wildman–Crippen MR) is 104 cm³/mol. The molecule has 2 N–H and O–H groups in total. The lowest BCUT2D eigenvalue weighted by molar-refractivity contribution is -0.173. The van der Waals surface area contributed by atoms with Crippen molar-refractivity contribution in [1.82, 2.24) is 10.6 Å². The molecule has 0 spiro atoms. The van der Waals surface area contributed by atoms with Gasteiger partial charge in [0.05, 0.1) is 6.54 Å². The third-order valence-electron chi connectivity index (χ3n) is 2.92. The van der Waals surface area contributed by atoms with E-state index in [1.165, 1.54) is 4.88 Å². The number of halogens is 4. The molecular weight excluding hydrogens is 454 g/mol. The van der Waals surface area contributed by atoms with Gasteiger partial charge in [-0.2, -0.15) is 13.2 Å². The molecular formula is C15H25F3IN3OS. The average molecular weight is 479 g/mol. The highest BCUT2D eigenvalue weighted by Crippen LogP contribution is 2.20. The van der Waals surface area contributed by atoms with Gasteiger partial charge >= 0.3 is 6.18 Å². The van der Waals surface area contributed by atoms with Gasteiger partial charge in [-0.15, -0.1) is 35.3 Å². The molecule has 1 atom stereocenters. The highest BCUT2D eigenvalue weighted by Gasteiger charge is 2.27. The van der Waals surface area contributed by atoms with Crippen LogP contribution in [0.2, 0.25) is 0 Å². The van der Waals surface area contributed by atoms with Gasteiger partial charge in [-0.3, -0.25) is 4.99 Å². The number of nitrogens with one attached hydrogen (secondary N) is 2. The molecule has 4 nitrogen and oxygen atoms in total. The van der Waals surface area contributed by atoms with Crippen LogP contribution in [0.1, 0.15) is 31.1 Å². The van der Waals surface area contributed by atoms with E-state index >= 15 is 0 Å². The molecule has 1 aromatic rings. The summed E-state index contributed by atoms with van der Waals surface area (Å²) in [5, 5.41) is 8.26. The van der Waals surface area contributed by atoms with E-state index in [-0.39, 0.29) is 30.6 Å². The number of rotatable bonds is 9. The van der Waals surface area contributed by atoms with E-state index in [0.717, 1.165) is 6.54 Å². The minimum atomic E-state index is -4.26. The van der Waals surface area contributed by atoms with Gasteiger partial charge in [-0.1, -0.05) is 13.0 Å². The van der Waals surface area contributed by atoms with Crippen molar-refractivity contribution in [3.05, 3.63) is 22.4 Å². The van der Waals surface area contributed by atoms with E-state index in [0.29, 0.717) is 31.4 Å². The van der Waals surface area contributed by atoms with E-state index in [9.17, 15) is 13.2 Å². The summed E-state index contributed by atoms with van der Waals surface area (Å²) in [5.74, 6) is 1.01. The zero-order valence-electron chi connectivity index (χ0n) is 13.9. The van der Waals surface area contributed by atoms with Crippen molar-refractivity contribution in [1.29, 1.82) is 0 Å². The summed E-state index contributed by atoms with van der Waals surface area (Å²) < 4.78 is 40.3. The fourth-order valence-corrected chi connectivity index (χ4v) is 2.58. The maximum Gasteiger partial charge on any atom is 0.411 e. The second-order valence-electron chi connectivity index (χ2n) is 5.08. The Balaban J connectivity index is 0.00000529. The van der Waals surface area contributed by atoms with Crippen LogP contribution in [-0.4, -0.2) is 45.0 Å². The number of guanidine groups is 1. The van der Waals surface area contributed by atoms with Gasteiger partial charge in [-0.25, -0.2) is 0 Å². The van der Waals surface area contributed by atoms with Gasteiger partial charge in [0.2, 0.25) is 0 Å². The molecule has 1 aromatic heterocycles. The van der Waals surface area contributed by atoms with E-state index in [2.05, 4.69) is 33.4 Å². The first-order valence-electron chi connectivity index (χ1n) is 7.62. The van der Waals surface area contributed by atoms with Crippen molar-refractivity contribution in [3.8, 4) is 0 Å². The van der Waals surface area contributed by atoms with Crippen LogP contribution in [0.15, 0.2) is 22.5 Å². The second-order valence-corrected chi connectivity index (χ2v) is 6.06. The summed E-state index contributed by atoms with van der Waals surface area (Å²) in [7, 11) is 0. The molecule has 140 valence electrons. The van der Waals surface area contributed by atoms with Gasteiger partial charge in [0, 0.05) is 30.5 Å². The molecule has 0 aliphatic rings. The Morgan fingerprint density at radius 2 is 2.12 bits per heavy atom. The number of hydrogen-bond donors (Lipinski definition) is 2. The minimum absolute atomic E-state index is 0. The van der Waals surface area contributed by atoms with E-state index < -0.39 is 12.8 Å². The quantitative estimate of drug-likeness (QED) is 0.244. The Bertz CT molecular complexity index is 455. The largest absolute Gasteiger partial charge is 0.411 e. The first-order chi connectivity index (χ1) is 10.9. The normalized spacial score (nSPS) is 13.3. The smallest absolute Gasteiger partial charge is 0.372 e. The third kappa shape index (κ3) is 11.1. The van der Waals surface area contributed by atoms with E-state index in [4.69, 9.17) is 0 Å². The molecule has 24 heavy (non-hydrogen) atoms. The molecule has 0 radical (unpaired) electrons. The van der Waals surface area contributed by atoms with Crippen LogP contribution in [0.3, 0.4) is 0 Å². The minimum Gasteiger partial charge on any atom is -0.372 e. The standard InChI is InChI=1S/C15H24F3N3OS.HI/c1-3-19-14(20-7-5-8-22-11-15(16,17)18)21-10-12(2)13-6-4-9-23-13;/h4,6,9,12H,3,5,7-8,10-11H2,1-2H3,(H2,19,20,21);1H. The third-order valence-corrected chi connectivity index (χ3v) is 4.02. The number of ether oxygens (including phenoxy) is 1. The maximum atomic E-state index is 11.9. The van der Waals surface area contributed by atoms with Crippen LogP contribution in [0.5, 0.6) is 0 Å². The first kappa shape index (κ1) is 23.4. The van der Waals surface area contributed by atoms with Gasteiger partial charge < -0.3 is 15.4 Å². The number of hydrogen-bond acceptors (Lipinski definition) is 3. The lowest BCUT2D eigenvalue weighted by Gasteiger charge is -2.13. The Morgan fingerprint density at radius 1 is 1.38 bits per heavy atom. The van der Waals surface area contributed by atoms with Crippen LogP contribution in [0.4, 0.5) is 13.2 Å². The lowest BCUT2D eigenvalue weighted by Crippen LogP contribution is -2.38. The van der Waals surface area contributed by atoms with Crippen molar-refractivity contribution < 1.29 is 17.9 Å². The van der Waals surface area contributed by atoms with Crippen molar-refractivity contribution in [2.75, 3.05) is 32.8 Å². The molecule has 0 bridgehead atoms. The van der Waals surface area contributed by atoms with Crippen molar-refractivity contribution >= 4 is 41.3 Å². The molecule has 1 unspecified atom stereocenters. The topological polar surface area (TPSA) is 45.7 Å². The molecule has 0 fully saturated rings. The van der Waals surface area contributed by atoms with Gasteiger partial charge in [0.1, 0.15) is 6.61 Å². The van der Waals surface area contributed by atoms with Crippen molar-refractivity contribution in [3.63, 3.8) is 0 Å². The number of aliphatic imine (C=N–C) groups is 1. The summed E-state index contributed by atoms with van der Waals surface area (Å²) in [6.45, 7) is 4.84. The zero-order valence-corrected chi connectivity index (χ0v) is 17.0. The SMILES string of the molecule is CCNC(=NCC(C)c1cccs1)NCCCOCC(F)(F)F.I. The molecule has 9 heteroatoms. The van der Waals surface area contributed by atoms with Crippen LogP contribution in [0, 0.1) is 0 Å². The summed E-state index contributed by atoms with van der Waals surface area (Å²) in [5.41, 5.74) is 0. The highest BCUT2D eigenvalue weighted by molar-refractivity contribution is 14.0. The molecule has 0 saturated heterocycles. The number of thiophene rings is 1. The monoisotopic (exact) mass is 479 g/mol. The summed E-state index contributed by atoms with van der Waals surface area (Å²) in [6, 6.07) is 4.10. The predicted octanol–water partition coefficient (Wildman–Crippen LogP) is 3.99. The zero-order chi connectivity index (χ0) is 17.1. The summed E-state index contributed by atoms with van der Waals surface area (Å²) in [4.78, 5) is 5.79. The summed E-state index contributed by atoms with van der Waals surface area (Å²) in [6.07, 6.45) is -3.78. The van der Waals surface area contributed by atoms with Gasteiger partial charge in [0.25, 0.3) is 0 Å². The van der Waals surface area contributed by atoms with Crippen LogP contribution < -0.4 is 10.6 Å². The van der Waals surface area contributed by atoms with E-state index in [1.54, 1.807) is 11.3 Å². The molecule has 1 rings (SSSR count). The molecule has 0 saturated carbocycles. The van der Waals surface area contributed by atoms with Crippen LogP contribution in [0.25, 0.3) is 0 Å². The Labute approximate surface area is 162 Å². The van der Waals surface area contributed by atoms with Crippen molar-refractivity contribution in [2.45, 2.75) is 32.4 Å². The Hall–Kier alpha value is -0.550. The molecule has 0 aliphatic heterocycles. The molecule has 0 amide bonds. The number of alkyl halides is 3. The average Bonchev–Trinajstić information content (AvgIpc) is 3.01. The van der Waals surface area contributed by atoms with E-state index in [1.807, 2.05) is 18.4 Å². The molecule has 1 heterocycles. The van der Waals surface area contributed by atoms with Crippen LogP contribution >= 0.6 is 35.3 Å². The molecule has 0 aliphatic carbocycles. The highest BCUT2D eigenvalue weighted by atomic mass is 127. The number of nitrogens with zero attached hydrogens (tertiary/aromatic N) is 1. The molecule has 0 aromatic carbocycles. The second kappa shape index (κ2) is 12.8. The van der Waals surface area contributed by atoms with Gasteiger partial charge in [-0.05, 0) is 24.8 Å². The van der Waals surface area contributed by atoms with Crippen molar-refractivity contribution in [2.24, 2.45) is 4.99 Å². The van der Waals surface area contributed by atoms with Crippen LogP contribution in [-0.2, 0) is 4.74 Å². The Morgan fingerprint density at radius 3 is 2.71 bits per heavy atom. The first-order valence-corrected chi connectivity index (χ1v) is 8.50. The fourth-order valence-electron chi connectivity index (χ4n) is 1.80. The van der Waals surface area contributed by atoms with Gasteiger partial charge in [0.15, 0.2) is 5.96 Å². The fraction of sp³-hybridized carbons (Fsp3) is 0.667. The Kier molecular flexibility index (Phi) is 12.5.